The molecule has 0 aliphatic carbocycles. The number of carbonyl (C=O) groups is 1. The molecule has 0 aromatic heterocycles. The van der Waals surface area contributed by atoms with Gasteiger partial charge in [0, 0.05) is 22.3 Å². The molecule has 0 saturated heterocycles. The molecule has 0 amide bonds. The molecule has 2 N–H and O–H groups in total. The van der Waals surface area contributed by atoms with Gasteiger partial charge >= 0.3 is 5.97 Å². The van der Waals surface area contributed by atoms with Gasteiger partial charge in [-0.2, -0.15) is 0 Å². The number of carboxylic acids is 1. The van der Waals surface area contributed by atoms with Crippen molar-refractivity contribution in [2.24, 2.45) is 0 Å². The quantitative estimate of drug-likeness (QED) is 0.680. The maximum absolute atomic E-state index is 11.2. The van der Waals surface area contributed by atoms with Crippen LogP contribution in [0.2, 0.25) is 5.02 Å². The molecule has 7 heteroatoms. The van der Waals surface area contributed by atoms with Gasteiger partial charge in [0.1, 0.15) is 0 Å². The number of ether oxygens (including phenoxy) is 2. The number of nitrogens with one attached hydrogen (secondary N) is 1. The van der Waals surface area contributed by atoms with E-state index in [2.05, 4.69) is 21.2 Å². The Morgan fingerprint density at radius 2 is 2.08 bits per heavy atom. The maximum atomic E-state index is 11.2. The summed E-state index contributed by atoms with van der Waals surface area (Å²) in [5.74, 6) is 0.219. The highest BCUT2D eigenvalue weighted by atomic mass is 79.9. The van der Waals surface area contributed by atoms with E-state index in [0.29, 0.717) is 30.3 Å². The van der Waals surface area contributed by atoms with Gasteiger partial charge in [-0.05, 0) is 37.3 Å². The van der Waals surface area contributed by atoms with Crippen LogP contribution in [-0.2, 0) is 6.54 Å². The fourth-order valence-electron chi connectivity index (χ4n) is 2.21. The summed E-state index contributed by atoms with van der Waals surface area (Å²) in [6.45, 7) is 2.85. The predicted octanol–water partition coefficient (Wildman–Crippen LogP) is 4.82. The lowest BCUT2D eigenvalue weighted by atomic mass is 10.1. The zero-order valence-electron chi connectivity index (χ0n) is 13.2. The molecule has 128 valence electrons. The van der Waals surface area contributed by atoms with Crippen molar-refractivity contribution in [1.29, 1.82) is 0 Å². The van der Waals surface area contributed by atoms with E-state index in [1.54, 1.807) is 19.2 Å². The summed E-state index contributed by atoms with van der Waals surface area (Å²) < 4.78 is 11.9. The van der Waals surface area contributed by atoms with E-state index in [1.165, 1.54) is 6.07 Å². The molecular weight excluding hydrogens is 398 g/mol. The molecule has 2 aromatic rings. The SMILES string of the molecule is CCOc1c(CNc2ccc(Cl)c(C(=O)O)c2)cc(Br)cc1OC. The molecule has 0 aliphatic rings. The molecule has 24 heavy (non-hydrogen) atoms. The molecule has 0 saturated carbocycles. The van der Waals surface area contributed by atoms with E-state index < -0.39 is 5.97 Å². The molecular formula is C17H17BrClNO4. The third kappa shape index (κ3) is 4.33. The number of anilines is 1. The second-order valence-electron chi connectivity index (χ2n) is 4.88. The van der Waals surface area contributed by atoms with Crippen molar-refractivity contribution in [2.75, 3.05) is 19.0 Å². The molecule has 0 atom stereocenters. The average molecular weight is 415 g/mol. The third-order valence-electron chi connectivity index (χ3n) is 3.28. The highest BCUT2D eigenvalue weighted by Crippen LogP contribution is 2.35. The summed E-state index contributed by atoms with van der Waals surface area (Å²) in [6, 6.07) is 8.54. The second-order valence-corrected chi connectivity index (χ2v) is 6.21. The van der Waals surface area contributed by atoms with Crippen LogP contribution in [0.15, 0.2) is 34.8 Å². The molecule has 0 radical (unpaired) electrons. The standard InChI is InChI=1S/C17H17BrClNO4/c1-3-24-16-10(6-11(18)7-15(16)23-2)9-20-12-4-5-14(19)13(8-12)17(21)22/h4-8,20H,3,9H2,1-2H3,(H,21,22). The number of benzene rings is 2. The normalized spacial score (nSPS) is 10.3. The Kier molecular flexibility index (Phi) is 6.34. The Labute approximate surface area is 153 Å². The lowest BCUT2D eigenvalue weighted by Gasteiger charge is -2.16. The molecule has 0 fully saturated rings. The van der Waals surface area contributed by atoms with Crippen LogP contribution < -0.4 is 14.8 Å². The van der Waals surface area contributed by atoms with E-state index in [0.717, 1.165) is 10.0 Å². The number of carboxylic acid groups (broad SMARTS) is 1. The van der Waals surface area contributed by atoms with Gasteiger partial charge in [-0.3, -0.25) is 0 Å². The summed E-state index contributed by atoms with van der Waals surface area (Å²) in [5.41, 5.74) is 1.59. The Hall–Kier alpha value is -1.92. The predicted molar refractivity (Wildman–Crippen MR) is 97.6 cm³/mol. The Balaban J connectivity index is 2.27. The molecule has 0 bridgehead atoms. The van der Waals surface area contributed by atoms with Gasteiger partial charge in [-0.1, -0.05) is 27.5 Å². The Morgan fingerprint density at radius 1 is 1.33 bits per heavy atom. The summed E-state index contributed by atoms with van der Waals surface area (Å²) >= 11 is 9.33. The van der Waals surface area contributed by atoms with Crippen molar-refractivity contribution in [3.05, 3.63) is 51.0 Å². The number of aromatic carboxylic acids is 1. The van der Waals surface area contributed by atoms with Crippen LogP contribution in [0.1, 0.15) is 22.8 Å². The van der Waals surface area contributed by atoms with Crippen molar-refractivity contribution in [2.45, 2.75) is 13.5 Å². The molecule has 0 aliphatic heterocycles. The average Bonchev–Trinajstić information content (AvgIpc) is 2.55. The zero-order valence-corrected chi connectivity index (χ0v) is 15.6. The Bertz CT molecular complexity index is 752. The van der Waals surface area contributed by atoms with E-state index in [4.69, 9.17) is 26.2 Å². The first-order valence-electron chi connectivity index (χ1n) is 7.22. The fraction of sp³-hybridized carbons (Fsp3) is 0.235. The monoisotopic (exact) mass is 413 g/mol. The van der Waals surface area contributed by atoms with Gasteiger partial charge < -0.3 is 19.9 Å². The minimum atomic E-state index is -1.07. The van der Waals surface area contributed by atoms with Crippen LogP contribution in [0.4, 0.5) is 5.69 Å². The first-order valence-corrected chi connectivity index (χ1v) is 8.39. The maximum Gasteiger partial charge on any atom is 0.337 e. The number of rotatable bonds is 7. The van der Waals surface area contributed by atoms with Crippen molar-refractivity contribution < 1.29 is 19.4 Å². The van der Waals surface area contributed by atoms with Crippen molar-refractivity contribution in [1.82, 2.24) is 0 Å². The Morgan fingerprint density at radius 3 is 2.71 bits per heavy atom. The number of hydrogen-bond acceptors (Lipinski definition) is 4. The molecule has 2 aromatic carbocycles. The number of halogens is 2. The van der Waals surface area contributed by atoms with E-state index in [1.807, 2.05) is 19.1 Å². The number of methoxy groups -OCH3 is 1. The topological polar surface area (TPSA) is 67.8 Å². The first-order chi connectivity index (χ1) is 11.5. The smallest absolute Gasteiger partial charge is 0.337 e. The van der Waals surface area contributed by atoms with Crippen molar-refractivity contribution >= 4 is 39.2 Å². The van der Waals surface area contributed by atoms with Crippen LogP contribution in [0.3, 0.4) is 0 Å². The lowest BCUT2D eigenvalue weighted by molar-refractivity contribution is 0.0697. The van der Waals surface area contributed by atoms with Gasteiger partial charge in [0.15, 0.2) is 11.5 Å². The molecule has 0 spiro atoms. The van der Waals surface area contributed by atoms with Gasteiger partial charge in [0.25, 0.3) is 0 Å². The second kappa shape index (κ2) is 8.26. The largest absolute Gasteiger partial charge is 0.493 e. The van der Waals surface area contributed by atoms with E-state index >= 15 is 0 Å². The van der Waals surface area contributed by atoms with Gasteiger partial charge in [0.2, 0.25) is 0 Å². The summed E-state index contributed by atoms with van der Waals surface area (Å²) in [4.78, 5) is 11.2. The summed E-state index contributed by atoms with van der Waals surface area (Å²) in [5, 5.41) is 12.5. The van der Waals surface area contributed by atoms with Crippen LogP contribution >= 0.6 is 27.5 Å². The van der Waals surface area contributed by atoms with Crippen LogP contribution in [0.5, 0.6) is 11.5 Å². The fourth-order valence-corrected chi connectivity index (χ4v) is 2.89. The minimum absolute atomic E-state index is 0.0542. The molecule has 5 nitrogen and oxygen atoms in total. The minimum Gasteiger partial charge on any atom is -0.493 e. The van der Waals surface area contributed by atoms with Crippen molar-refractivity contribution in [3.63, 3.8) is 0 Å². The lowest BCUT2D eigenvalue weighted by Crippen LogP contribution is -2.06. The molecule has 2 rings (SSSR count). The van der Waals surface area contributed by atoms with Gasteiger partial charge in [0.05, 0.1) is 24.3 Å². The van der Waals surface area contributed by atoms with E-state index in [9.17, 15) is 4.79 Å². The van der Waals surface area contributed by atoms with Crippen LogP contribution in [-0.4, -0.2) is 24.8 Å². The summed E-state index contributed by atoms with van der Waals surface area (Å²) in [6.07, 6.45) is 0. The third-order valence-corrected chi connectivity index (χ3v) is 4.07. The van der Waals surface area contributed by atoms with E-state index in [-0.39, 0.29) is 10.6 Å². The van der Waals surface area contributed by atoms with Crippen LogP contribution in [0, 0.1) is 0 Å². The number of hydrogen-bond donors (Lipinski definition) is 2. The molecule has 0 unspecified atom stereocenters. The zero-order chi connectivity index (χ0) is 17.7. The van der Waals surface area contributed by atoms with Crippen molar-refractivity contribution in [3.8, 4) is 11.5 Å². The van der Waals surface area contributed by atoms with Gasteiger partial charge in [-0.15, -0.1) is 0 Å². The van der Waals surface area contributed by atoms with Gasteiger partial charge in [-0.25, -0.2) is 4.79 Å². The highest BCUT2D eigenvalue weighted by Gasteiger charge is 2.13. The first kappa shape index (κ1) is 18.4. The molecule has 0 heterocycles. The highest BCUT2D eigenvalue weighted by molar-refractivity contribution is 9.10. The van der Waals surface area contributed by atoms with Crippen LogP contribution in [0.25, 0.3) is 0 Å². The summed E-state index contributed by atoms with van der Waals surface area (Å²) in [7, 11) is 1.58.